The second-order valence-electron chi connectivity index (χ2n) is 4.97. The molecule has 0 saturated carbocycles. The van der Waals surface area contributed by atoms with Crippen LogP contribution in [0.4, 0.5) is 5.13 Å². The Morgan fingerprint density at radius 1 is 1.45 bits per heavy atom. The fourth-order valence-corrected chi connectivity index (χ4v) is 3.14. The van der Waals surface area contributed by atoms with Gasteiger partial charge in [-0.2, -0.15) is 0 Å². The van der Waals surface area contributed by atoms with Crippen LogP contribution in [-0.4, -0.2) is 17.4 Å². The molecule has 0 fully saturated rings. The summed E-state index contributed by atoms with van der Waals surface area (Å²) in [6.45, 7) is 0.679. The van der Waals surface area contributed by atoms with Crippen molar-refractivity contribution in [3.8, 4) is 5.75 Å². The molecular weight excluding hydrogens is 272 g/mol. The molecule has 2 aromatic rings. The number of fused-ring (bicyclic) bond motifs is 1. The molecule has 1 aromatic carbocycles. The lowest BCUT2D eigenvalue weighted by Crippen LogP contribution is -2.18. The molecule has 3 rings (SSSR count). The number of nitrogens with zero attached hydrogens (tertiary/aromatic N) is 1. The van der Waals surface area contributed by atoms with Gasteiger partial charge in [-0.15, -0.1) is 11.3 Å². The summed E-state index contributed by atoms with van der Waals surface area (Å²) in [5.74, 6) is 1.37. The van der Waals surface area contributed by atoms with Gasteiger partial charge in [0, 0.05) is 18.2 Å². The summed E-state index contributed by atoms with van der Waals surface area (Å²) in [6, 6.07) is 7.97. The minimum Gasteiger partial charge on any atom is -0.493 e. The highest BCUT2D eigenvalue weighted by molar-refractivity contribution is 7.13. The Balaban J connectivity index is 1.68. The van der Waals surface area contributed by atoms with E-state index in [1.165, 1.54) is 11.3 Å². The van der Waals surface area contributed by atoms with Gasteiger partial charge >= 0.3 is 0 Å². The number of aromatic nitrogens is 1. The SMILES string of the molecule is Nc1nc(CC(=O)CC2CCOc3ccccc32)cs1. The summed E-state index contributed by atoms with van der Waals surface area (Å²) < 4.78 is 5.62. The van der Waals surface area contributed by atoms with Gasteiger partial charge in [0.2, 0.25) is 0 Å². The standard InChI is InChI=1S/C15H16N2O2S/c16-15-17-11(9-20-15)8-12(18)7-10-5-6-19-14-4-2-1-3-13(10)14/h1-4,9-10H,5-8H2,(H2,16,17). The van der Waals surface area contributed by atoms with Crippen molar-refractivity contribution in [2.75, 3.05) is 12.3 Å². The van der Waals surface area contributed by atoms with Gasteiger partial charge in [0.1, 0.15) is 11.5 Å². The average Bonchev–Trinajstić information content (AvgIpc) is 2.84. The molecule has 1 aliphatic heterocycles. The van der Waals surface area contributed by atoms with Crippen molar-refractivity contribution in [1.82, 2.24) is 4.98 Å². The summed E-state index contributed by atoms with van der Waals surface area (Å²) in [6.07, 6.45) is 1.80. The Kier molecular flexibility index (Phi) is 3.69. The number of ketones is 1. The molecule has 0 radical (unpaired) electrons. The van der Waals surface area contributed by atoms with Gasteiger partial charge in [0.15, 0.2) is 5.13 Å². The third kappa shape index (κ3) is 2.82. The minimum absolute atomic E-state index is 0.206. The van der Waals surface area contributed by atoms with E-state index in [2.05, 4.69) is 4.98 Å². The number of hydrogen-bond acceptors (Lipinski definition) is 5. The Bertz CT molecular complexity index is 624. The number of para-hydroxylation sites is 1. The largest absolute Gasteiger partial charge is 0.493 e. The molecular formula is C15H16N2O2S. The van der Waals surface area contributed by atoms with E-state index in [1.54, 1.807) is 0 Å². The zero-order chi connectivity index (χ0) is 13.9. The van der Waals surface area contributed by atoms with E-state index in [1.807, 2.05) is 29.6 Å². The van der Waals surface area contributed by atoms with E-state index in [-0.39, 0.29) is 11.7 Å². The highest BCUT2D eigenvalue weighted by Crippen LogP contribution is 2.35. The number of nitrogens with two attached hydrogens (primary N) is 1. The summed E-state index contributed by atoms with van der Waals surface area (Å²) >= 11 is 1.38. The number of thiazole rings is 1. The van der Waals surface area contributed by atoms with Crippen molar-refractivity contribution in [2.45, 2.75) is 25.2 Å². The van der Waals surface area contributed by atoms with Gasteiger partial charge in [-0.05, 0) is 24.0 Å². The zero-order valence-corrected chi connectivity index (χ0v) is 11.9. The van der Waals surface area contributed by atoms with Crippen LogP contribution in [0.1, 0.15) is 30.0 Å². The molecule has 104 valence electrons. The summed E-state index contributed by atoms with van der Waals surface area (Å²) in [4.78, 5) is 16.3. The molecule has 5 heteroatoms. The van der Waals surface area contributed by atoms with Gasteiger partial charge in [-0.25, -0.2) is 4.98 Å². The summed E-state index contributed by atoms with van der Waals surface area (Å²) in [5, 5.41) is 2.37. The molecule has 0 saturated heterocycles. The fourth-order valence-electron chi connectivity index (χ4n) is 2.58. The Morgan fingerprint density at radius 2 is 2.30 bits per heavy atom. The minimum atomic E-state index is 0.206. The van der Waals surface area contributed by atoms with Crippen LogP contribution in [0.25, 0.3) is 0 Å². The molecule has 2 N–H and O–H groups in total. The molecule has 1 atom stereocenters. The molecule has 20 heavy (non-hydrogen) atoms. The first-order valence-corrected chi connectivity index (χ1v) is 7.53. The van der Waals surface area contributed by atoms with Gasteiger partial charge in [0.05, 0.1) is 12.3 Å². The van der Waals surface area contributed by atoms with Crippen molar-refractivity contribution in [3.63, 3.8) is 0 Å². The maximum atomic E-state index is 12.2. The van der Waals surface area contributed by atoms with E-state index < -0.39 is 0 Å². The first-order valence-electron chi connectivity index (χ1n) is 6.65. The van der Waals surface area contributed by atoms with Crippen molar-refractivity contribution >= 4 is 22.3 Å². The first-order chi connectivity index (χ1) is 9.72. The van der Waals surface area contributed by atoms with Crippen molar-refractivity contribution < 1.29 is 9.53 Å². The second kappa shape index (κ2) is 5.63. The summed E-state index contributed by atoms with van der Waals surface area (Å²) in [7, 11) is 0. The fraction of sp³-hybridized carbons (Fsp3) is 0.333. The number of benzene rings is 1. The molecule has 0 aliphatic carbocycles. The van der Waals surface area contributed by atoms with Crippen LogP contribution in [-0.2, 0) is 11.2 Å². The normalized spacial score (nSPS) is 17.3. The maximum Gasteiger partial charge on any atom is 0.180 e. The smallest absolute Gasteiger partial charge is 0.180 e. The third-order valence-corrected chi connectivity index (χ3v) is 4.23. The highest BCUT2D eigenvalue weighted by atomic mass is 32.1. The number of nitrogen functional groups attached to an aromatic ring is 1. The average molecular weight is 288 g/mol. The van der Waals surface area contributed by atoms with E-state index in [0.29, 0.717) is 24.6 Å². The lowest BCUT2D eigenvalue weighted by Gasteiger charge is -2.25. The number of Topliss-reactive ketones (excluding diaryl/α,β-unsaturated/α-hetero) is 1. The van der Waals surface area contributed by atoms with Crippen LogP contribution in [0.15, 0.2) is 29.6 Å². The van der Waals surface area contributed by atoms with Crippen LogP contribution in [0.2, 0.25) is 0 Å². The third-order valence-electron chi connectivity index (χ3n) is 3.50. The number of hydrogen-bond donors (Lipinski definition) is 1. The van der Waals surface area contributed by atoms with Crippen LogP contribution >= 0.6 is 11.3 Å². The van der Waals surface area contributed by atoms with Crippen molar-refractivity contribution in [3.05, 3.63) is 40.9 Å². The quantitative estimate of drug-likeness (QED) is 0.939. The molecule has 0 spiro atoms. The van der Waals surface area contributed by atoms with Gasteiger partial charge in [-0.1, -0.05) is 18.2 Å². The predicted molar refractivity (Wildman–Crippen MR) is 79.1 cm³/mol. The van der Waals surface area contributed by atoms with E-state index in [0.717, 1.165) is 23.4 Å². The van der Waals surface area contributed by atoms with Crippen LogP contribution < -0.4 is 10.5 Å². The zero-order valence-electron chi connectivity index (χ0n) is 11.0. The summed E-state index contributed by atoms with van der Waals surface area (Å²) in [5.41, 5.74) is 7.50. The number of ether oxygens (including phenoxy) is 1. The lowest BCUT2D eigenvalue weighted by atomic mass is 9.88. The topological polar surface area (TPSA) is 65.2 Å². The monoisotopic (exact) mass is 288 g/mol. The van der Waals surface area contributed by atoms with Crippen molar-refractivity contribution in [2.24, 2.45) is 0 Å². The van der Waals surface area contributed by atoms with Crippen molar-refractivity contribution in [1.29, 1.82) is 0 Å². The predicted octanol–water partition coefficient (Wildman–Crippen LogP) is 2.79. The second-order valence-corrected chi connectivity index (χ2v) is 5.86. The Hall–Kier alpha value is -1.88. The number of rotatable bonds is 4. The van der Waals surface area contributed by atoms with E-state index in [4.69, 9.17) is 10.5 Å². The molecule has 1 aliphatic rings. The molecule has 0 amide bonds. The van der Waals surface area contributed by atoms with Gasteiger partial charge in [-0.3, -0.25) is 4.79 Å². The maximum absolute atomic E-state index is 12.2. The Labute approximate surface area is 121 Å². The molecule has 1 unspecified atom stereocenters. The highest BCUT2D eigenvalue weighted by Gasteiger charge is 2.23. The van der Waals surface area contributed by atoms with Crippen LogP contribution in [0.3, 0.4) is 0 Å². The van der Waals surface area contributed by atoms with E-state index in [9.17, 15) is 4.79 Å². The Morgan fingerprint density at radius 3 is 3.10 bits per heavy atom. The number of anilines is 1. The van der Waals surface area contributed by atoms with Gasteiger partial charge in [0.25, 0.3) is 0 Å². The van der Waals surface area contributed by atoms with Gasteiger partial charge < -0.3 is 10.5 Å². The van der Waals surface area contributed by atoms with E-state index >= 15 is 0 Å². The number of carbonyl (C=O) groups is 1. The van der Waals surface area contributed by atoms with Crippen LogP contribution in [0.5, 0.6) is 5.75 Å². The molecule has 1 aromatic heterocycles. The first kappa shape index (κ1) is 13.1. The van der Waals surface area contributed by atoms with Crippen LogP contribution in [0, 0.1) is 0 Å². The molecule has 4 nitrogen and oxygen atoms in total. The lowest BCUT2D eigenvalue weighted by molar-refractivity contribution is -0.119. The number of carbonyl (C=O) groups excluding carboxylic acids is 1. The molecule has 0 bridgehead atoms. The molecule has 2 heterocycles.